The van der Waals surface area contributed by atoms with Crippen LogP contribution in [0.2, 0.25) is 0 Å². The van der Waals surface area contributed by atoms with E-state index >= 15 is 0 Å². The molecule has 0 aliphatic heterocycles. The van der Waals surface area contributed by atoms with Gasteiger partial charge in [0.25, 0.3) is 0 Å². The monoisotopic (exact) mass is 354 g/mol. The molecule has 0 amide bonds. The van der Waals surface area contributed by atoms with Gasteiger partial charge in [0.2, 0.25) is 0 Å². The Morgan fingerprint density at radius 3 is 1.96 bits per heavy atom. The van der Waals surface area contributed by atoms with Crippen molar-refractivity contribution < 1.29 is 19.1 Å². The van der Waals surface area contributed by atoms with E-state index in [1.165, 1.54) is 0 Å². The van der Waals surface area contributed by atoms with E-state index in [2.05, 4.69) is 6.92 Å². The molecule has 0 aromatic heterocycles. The van der Waals surface area contributed by atoms with Gasteiger partial charge in [0.1, 0.15) is 6.10 Å². The summed E-state index contributed by atoms with van der Waals surface area (Å²) in [7, 11) is 0. The van der Waals surface area contributed by atoms with Gasteiger partial charge in [0.05, 0.1) is 17.7 Å². The average Bonchev–Trinajstić information content (AvgIpc) is 2.69. The molecular formula is C22H26O4. The maximum absolute atomic E-state index is 12.3. The molecule has 1 atom stereocenters. The van der Waals surface area contributed by atoms with Crippen molar-refractivity contribution in [3.63, 3.8) is 0 Å². The van der Waals surface area contributed by atoms with Crippen LogP contribution in [-0.2, 0) is 9.47 Å². The maximum Gasteiger partial charge on any atom is 0.338 e. The lowest BCUT2D eigenvalue weighted by Crippen LogP contribution is -2.21. The van der Waals surface area contributed by atoms with Gasteiger partial charge in [0.15, 0.2) is 0 Å². The number of rotatable bonds is 10. The fourth-order valence-corrected chi connectivity index (χ4v) is 2.62. The van der Waals surface area contributed by atoms with Crippen LogP contribution in [0.3, 0.4) is 0 Å². The van der Waals surface area contributed by atoms with Gasteiger partial charge in [-0.1, -0.05) is 56.2 Å². The first-order valence-electron chi connectivity index (χ1n) is 9.19. The van der Waals surface area contributed by atoms with Crippen molar-refractivity contribution in [2.45, 2.75) is 45.1 Å². The second kappa shape index (κ2) is 11.1. The Bertz CT molecular complexity index is 667. The lowest BCUT2D eigenvalue weighted by atomic mass is 10.1. The summed E-state index contributed by atoms with van der Waals surface area (Å²) in [6.45, 7) is 2.36. The normalized spacial score (nSPS) is 11.6. The number of esters is 2. The first kappa shape index (κ1) is 19.7. The zero-order valence-corrected chi connectivity index (χ0v) is 15.2. The van der Waals surface area contributed by atoms with Crippen LogP contribution in [0.25, 0.3) is 0 Å². The minimum atomic E-state index is -0.354. The lowest BCUT2D eigenvalue weighted by Gasteiger charge is -2.18. The minimum absolute atomic E-state index is 0.229. The van der Waals surface area contributed by atoms with Crippen molar-refractivity contribution in [2.75, 3.05) is 6.61 Å². The van der Waals surface area contributed by atoms with E-state index in [0.717, 1.165) is 25.7 Å². The van der Waals surface area contributed by atoms with Gasteiger partial charge in [-0.25, -0.2) is 9.59 Å². The SMILES string of the molecule is CCCCC[C@@H](CCOC(=O)c1ccccc1)OC(=O)c1ccccc1. The molecule has 4 heteroatoms. The zero-order valence-electron chi connectivity index (χ0n) is 15.2. The molecule has 0 saturated heterocycles. The van der Waals surface area contributed by atoms with Gasteiger partial charge in [-0.15, -0.1) is 0 Å². The van der Waals surface area contributed by atoms with E-state index in [1.807, 2.05) is 24.3 Å². The predicted octanol–water partition coefficient (Wildman–Crippen LogP) is 5.04. The molecule has 0 aliphatic carbocycles. The number of hydrogen-bond acceptors (Lipinski definition) is 4. The Balaban J connectivity index is 1.85. The summed E-state index contributed by atoms with van der Waals surface area (Å²) in [5, 5.41) is 0. The third kappa shape index (κ3) is 6.71. The molecule has 2 rings (SSSR count). The zero-order chi connectivity index (χ0) is 18.6. The van der Waals surface area contributed by atoms with Gasteiger partial charge in [0, 0.05) is 6.42 Å². The lowest BCUT2D eigenvalue weighted by molar-refractivity contribution is 0.0160. The Hall–Kier alpha value is -2.62. The molecule has 0 heterocycles. The summed E-state index contributed by atoms with van der Waals surface area (Å²) in [6.07, 6.45) is 4.19. The summed E-state index contributed by atoms with van der Waals surface area (Å²) < 4.78 is 11.0. The number of carbonyl (C=O) groups is 2. The van der Waals surface area contributed by atoms with Crippen molar-refractivity contribution >= 4 is 11.9 Å². The van der Waals surface area contributed by atoms with Crippen LogP contribution in [0.1, 0.15) is 59.7 Å². The summed E-state index contributed by atoms with van der Waals surface area (Å²) in [5.74, 6) is -0.686. The molecule has 2 aromatic rings. The summed E-state index contributed by atoms with van der Waals surface area (Å²) in [6, 6.07) is 17.8. The van der Waals surface area contributed by atoms with E-state index in [9.17, 15) is 9.59 Å². The van der Waals surface area contributed by atoms with Crippen LogP contribution >= 0.6 is 0 Å². The van der Waals surface area contributed by atoms with Crippen molar-refractivity contribution in [3.05, 3.63) is 71.8 Å². The number of unbranched alkanes of at least 4 members (excludes halogenated alkanes) is 2. The molecule has 0 saturated carbocycles. The van der Waals surface area contributed by atoms with E-state index < -0.39 is 0 Å². The third-order valence-electron chi connectivity index (χ3n) is 4.10. The second-order valence-corrected chi connectivity index (χ2v) is 6.18. The number of ether oxygens (including phenoxy) is 2. The van der Waals surface area contributed by atoms with Gasteiger partial charge < -0.3 is 9.47 Å². The molecule has 2 aromatic carbocycles. The molecule has 0 radical (unpaired) electrons. The summed E-state index contributed by atoms with van der Waals surface area (Å²) in [5.41, 5.74) is 1.06. The van der Waals surface area contributed by atoms with Crippen LogP contribution < -0.4 is 0 Å². The molecule has 0 spiro atoms. The van der Waals surface area contributed by atoms with Crippen LogP contribution in [0.15, 0.2) is 60.7 Å². The maximum atomic E-state index is 12.3. The predicted molar refractivity (Wildman–Crippen MR) is 101 cm³/mol. The van der Waals surface area contributed by atoms with Crippen molar-refractivity contribution in [1.82, 2.24) is 0 Å². The van der Waals surface area contributed by atoms with Crippen molar-refractivity contribution in [3.8, 4) is 0 Å². The molecular weight excluding hydrogens is 328 g/mol. The molecule has 26 heavy (non-hydrogen) atoms. The number of carbonyl (C=O) groups excluding carboxylic acids is 2. The van der Waals surface area contributed by atoms with Crippen LogP contribution in [-0.4, -0.2) is 24.6 Å². The Morgan fingerprint density at radius 1 is 0.808 bits per heavy atom. The van der Waals surface area contributed by atoms with E-state index in [-0.39, 0.29) is 24.6 Å². The molecule has 0 N–H and O–H groups in total. The Morgan fingerprint density at radius 2 is 1.38 bits per heavy atom. The molecule has 0 aliphatic rings. The molecule has 138 valence electrons. The molecule has 4 nitrogen and oxygen atoms in total. The van der Waals surface area contributed by atoms with Crippen molar-refractivity contribution in [2.24, 2.45) is 0 Å². The summed E-state index contributed by atoms with van der Waals surface area (Å²) in [4.78, 5) is 24.3. The topological polar surface area (TPSA) is 52.6 Å². The fourth-order valence-electron chi connectivity index (χ4n) is 2.62. The number of hydrogen-bond donors (Lipinski definition) is 0. The first-order valence-corrected chi connectivity index (χ1v) is 9.19. The van der Waals surface area contributed by atoms with Gasteiger partial charge in [-0.3, -0.25) is 0 Å². The number of benzene rings is 2. The Kier molecular flexibility index (Phi) is 8.40. The van der Waals surface area contributed by atoms with Crippen LogP contribution in [0, 0.1) is 0 Å². The highest BCUT2D eigenvalue weighted by Gasteiger charge is 2.17. The Labute approximate surface area is 155 Å². The van der Waals surface area contributed by atoms with Gasteiger partial charge >= 0.3 is 11.9 Å². The quantitative estimate of drug-likeness (QED) is 0.443. The smallest absolute Gasteiger partial charge is 0.338 e. The highest BCUT2D eigenvalue weighted by Crippen LogP contribution is 2.14. The molecule has 0 bridgehead atoms. The van der Waals surface area contributed by atoms with Gasteiger partial charge in [-0.05, 0) is 37.1 Å². The van der Waals surface area contributed by atoms with E-state index in [4.69, 9.17) is 9.47 Å². The van der Waals surface area contributed by atoms with Gasteiger partial charge in [-0.2, -0.15) is 0 Å². The largest absolute Gasteiger partial charge is 0.462 e. The highest BCUT2D eigenvalue weighted by atomic mass is 16.6. The first-order chi connectivity index (χ1) is 12.7. The molecule has 0 unspecified atom stereocenters. The van der Waals surface area contributed by atoms with Crippen LogP contribution in [0.5, 0.6) is 0 Å². The van der Waals surface area contributed by atoms with E-state index in [0.29, 0.717) is 17.5 Å². The molecule has 0 fully saturated rings. The second-order valence-electron chi connectivity index (χ2n) is 6.18. The third-order valence-corrected chi connectivity index (χ3v) is 4.10. The summed E-state index contributed by atoms with van der Waals surface area (Å²) >= 11 is 0. The van der Waals surface area contributed by atoms with Crippen molar-refractivity contribution in [1.29, 1.82) is 0 Å². The van der Waals surface area contributed by atoms with Crippen LogP contribution in [0.4, 0.5) is 0 Å². The highest BCUT2D eigenvalue weighted by molar-refractivity contribution is 5.89. The standard InChI is InChI=1S/C22H26O4/c1-2-3-6-15-20(26-22(24)19-13-9-5-10-14-19)16-17-25-21(23)18-11-7-4-8-12-18/h4-5,7-14,20H,2-3,6,15-17H2,1H3/t20-/m0/s1. The fraction of sp³-hybridized carbons (Fsp3) is 0.364. The van der Waals surface area contributed by atoms with E-state index in [1.54, 1.807) is 36.4 Å². The minimum Gasteiger partial charge on any atom is -0.462 e. The average molecular weight is 354 g/mol.